The van der Waals surface area contributed by atoms with Crippen molar-refractivity contribution in [1.29, 1.82) is 0 Å². The van der Waals surface area contributed by atoms with Crippen LogP contribution in [0, 0.1) is 17.7 Å². The molecule has 2 fully saturated rings. The van der Waals surface area contributed by atoms with Gasteiger partial charge in [-0.3, -0.25) is 0 Å². The third-order valence-corrected chi connectivity index (χ3v) is 6.83. The molecule has 0 saturated heterocycles. The summed E-state index contributed by atoms with van der Waals surface area (Å²) in [6, 6.07) is 12.4. The number of alkyl halides is 2. The second kappa shape index (κ2) is 9.42. The van der Waals surface area contributed by atoms with Crippen molar-refractivity contribution in [1.82, 2.24) is 0 Å². The highest BCUT2D eigenvalue weighted by Crippen LogP contribution is 2.46. The lowest BCUT2D eigenvalue weighted by Gasteiger charge is -2.42. The molecule has 0 aliphatic heterocycles. The second-order valence-corrected chi connectivity index (χ2v) is 8.57. The Morgan fingerprint density at radius 2 is 1.60 bits per heavy atom. The average molecular weight is 418 g/mol. The van der Waals surface area contributed by atoms with Crippen LogP contribution in [0.1, 0.15) is 56.9 Å². The lowest BCUT2D eigenvalue weighted by molar-refractivity contribution is -0.0521. The predicted molar refractivity (Wildman–Crippen MR) is 111 cm³/mol. The lowest BCUT2D eigenvalue weighted by atomic mass is 9.65. The fourth-order valence-corrected chi connectivity index (χ4v) is 5.36. The van der Waals surface area contributed by atoms with Gasteiger partial charge in [0.25, 0.3) is 0 Å². The molecule has 2 aliphatic rings. The normalized spacial score (nSPS) is 26.4. The first kappa shape index (κ1) is 21.2. The quantitative estimate of drug-likeness (QED) is 0.494. The summed E-state index contributed by atoms with van der Waals surface area (Å²) < 4.78 is 48.7. The Kier molecular flexibility index (Phi) is 6.67. The van der Waals surface area contributed by atoms with Gasteiger partial charge in [-0.1, -0.05) is 30.3 Å². The molecule has 0 amide bonds. The number of fused-ring (bicyclic) bond motifs is 1. The van der Waals surface area contributed by atoms with Crippen molar-refractivity contribution in [2.75, 3.05) is 6.61 Å². The Labute approximate surface area is 176 Å². The fourth-order valence-electron chi connectivity index (χ4n) is 5.36. The predicted octanol–water partition coefficient (Wildman–Crippen LogP) is 7.18. The minimum Gasteiger partial charge on any atom is -0.432 e. The number of rotatable bonds is 6. The molecular formula is C25H29F3O2. The Bertz CT molecular complexity index is 837. The Balaban J connectivity index is 1.40. The average Bonchev–Trinajstić information content (AvgIpc) is 2.75. The van der Waals surface area contributed by atoms with Crippen LogP contribution in [0.2, 0.25) is 0 Å². The van der Waals surface area contributed by atoms with Crippen molar-refractivity contribution in [2.24, 2.45) is 11.8 Å². The van der Waals surface area contributed by atoms with Crippen LogP contribution in [-0.2, 0) is 4.74 Å². The first-order valence-electron chi connectivity index (χ1n) is 11.0. The summed E-state index contributed by atoms with van der Waals surface area (Å²) in [5, 5.41) is 0. The van der Waals surface area contributed by atoms with Crippen LogP contribution in [0.25, 0.3) is 11.1 Å². The van der Waals surface area contributed by atoms with Crippen LogP contribution in [0.4, 0.5) is 13.2 Å². The molecule has 4 atom stereocenters. The largest absolute Gasteiger partial charge is 0.432 e. The molecule has 162 valence electrons. The zero-order valence-corrected chi connectivity index (χ0v) is 17.3. The molecule has 2 nitrogen and oxygen atoms in total. The summed E-state index contributed by atoms with van der Waals surface area (Å²) in [5.41, 5.74) is 2.85. The SMILES string of the molecule is CCOC1CCC2CC(c3ccc(-c4ccc(OC(F)F)c(F)c4)cc3)CCC2C1. The molecule has 0 bridgehead atoms. The molecule has 2 aromatic rings. The van der Waals surface area contributed by atoms with E-state index < -0.39 is 18.2 Å². The van der Waals surface area contributed by atoms with E-state index in [1.54, 1.807) is 6.07 Å². The molecule has 0 radical (unpaired) electrons. The zero-order valence-electron chi connectivity index (χ0n) is 17.3. The van der Waals surface area contributed by atoms with Crippen molar-refractivity contribution in [3.05, 3.63) is 53.8 Å². The van der Waals surface area contributed by atoms with Crippen LogP contribution in [0.15, 0.2) is 42.5 Å². The maximum atomic E-state index is 14.0. The third kappa shape index (κ3) is 4.83. The Morgan fingerprint density at radius 1 is 0.900 bits per heavy atom. The summed E-state index contributed by atoms with van der Waals surface area (Å²) in [4.78, 5) is 0. The van der Waals surface area contributed by atoms with E-state index in [1.165, 1.54) is 56.2 Å². The van der Waals surface area contributed by atoms with E-state index in [1.807, 2.05) is 12.1 Å². The summed E-state index contributed by atoms with van der Waals surface area (Å²) >= 11 is 0. The maximum Gasteiger partial charge on any atom is 0.387 e. The first-order chi connectivity index (χ1) is 14.5. The topological polar surface area (TPSA) is 18.5 Å². The van der Waals surface area contributed by atoms with Gasteiger partial charge >= 0.3 is 6.61 Å². The van der Waals surface area contributed by atoms with Gasteiger partial charge in [0.2, 0.25) is 0 Å². The van der Waals surface area contributed by atoms with Crippen LogP contribution in [0.3, 0.4) is 0 Å². The second-order valence-electron chi connectivity index (χ2n) is 8.57. The zero-order chi connectivity index (χ0) is 21.1. The highest BCUT2D eigenvalue weighted by molar-refractivity contribution is 5.64. The Morgan fingerprint density at radius 3 is 2.30 bits per heavy atom. The number of ether oxygens (including phenoxy) is 2. The molecule has 4 unspecified atom stereocenters. The van der Waals surface area contributed by atoms with Gasteiger partial charge in [0.1, 0.15) is 0 Å². The smallest absolute Gasteiger partial charge is 0.387 e. The van der Waals surface area contributed by atoms with E-state index in [2.05, 4.69) is 23.8 Å². The maximum absolute atomic E-state index is 14.0. The molecular weight excluding hydrogens is 389 g/mol. The van der Waals surface area contributed by atoms with E-state index in [0.29, 0.717) is 17.6 Å². The molecule has 0 heterocycles. The molecule has 2 aliphatic carbocycles. The van der Waals surface area contributed by atoms with Crippen LogP contribution in [0.5, 0.6) is 5.75 Å². The molecule has 4 rings (SSSR count). The Hall–Kier alpha value is -2.01. The molecule has 30 heavy (non-hydrogen) atoms. The summed E-state index contributed by atoms with van der Waals surface area (Å²) in [6.07, 6.45) is 7.79. The number of halogens is 3. The summed E-state index contributed by atoms with van der Waals surface area (Å²) in [5.74, 6) is 0.945. The number of benzene rings is 2. The molecule has 5 heteroatoms. The van der Waals surface area contributed by atoms with E-state index in [0.717, 1.165) is 24.0 Å². The van der Waals surface area contributed by atoms with Gasteiger partial charge in [-0.25, -0.2) is 4.39 Å². The van der Waals surface area contributed by atoms with E-state index >= 15 is 0 Å². The van der Waals surface area contributed by atoms with Gasteiger partial charge in [0, 0.05) is 6.61 Å². The standard InChI is InChI=1S/C25H29F3O2/c1-2-29-22-11-9-19-13-18(7-8-20(19)14-22)16-3-5-17(6-4-16)21-10-12-24(23(26)15-21)30-25(27)28/h3-6,10,12,15,18-20,22,25H,2,7-9,11,13-14H2,1H3. The van der Waals surface area contributed by atoms with Crippen molar-refractivity contribution in [3.63, 3.8) is 0 Å². The first-order valence-corrected chi connectivity index (χ1v) is 11.0. The molecule has 2 saturated carbocycles. The third-order valence-electron chi connectivity index (χ3n) is 6.83. The molecule has 0 N–H and O–H groups in total. The van der Waals surface area contributed by atoms with Gasteiger partial charge in [-0.05, 0) is 92.0 Å². The number of hydrogen-bond donors (Lipinski definition) is 0. The summed E-state index contributed by atoms with van der Waals surface area (Å²) in [6.45, 7) is -0.149. The fraction of sp³-hybridized carbons (Fsp3) is 0.520. The van der Waals surface area contributed by atoms with Crippen molar-refractivity contribution >= 4 is 0 Å². The molecule has 2 aromatic carbocycles. The van der Waals surface area contributed by atoms with Crippen LogP contribution >= 0.6 is 0 Å². The lowest BCUT2D eigenvalue weighted by Crippen LogP contribution is -2.33. The summed E-state index contributed by atoms with van der Waals surface area (Å²) in [7, 11) is 0. The highest BCUT2D eigenvalue weighted by Gasteiger charge is 2.36. The van der Waals surface area contributed by atoms with Gasteiger partial charge in [0.05, 0.1) is 6.10 Å². The van der Waals surface area contributed by atoms with E-state index in [4.69, 9.17) is 4.74 Å². The monoisotopic (exact) mass is 418 g/mol. The highest BCUT2D eigenvalue weighted by atomic mass is 19.3. The molecule has 0 spiro atoms. The van der Waals surface area contributed by atoms with Crippen LogP contribution in [-0.4, -0.2) is 19.3 Å². The van der Waals surface area contributed by atoms with Gasteiger partial charge < -0.3 is 9.47 Å². The minimum atomic E-state index is -3.03. The molecule has 0 aromatic heterocycles. The van der Waals surface area contributed by atoms with Gasteiger partial charge in [-0.2, -0.15) is 8.78 Å². The van der Waals surface area contributed by atoms with Crippen molar-refractivity contribution in [2.45, 2.75) is 64.1 Å². The van der Waals surface area contributed by atoms with Gasteiger partial charge in [0.15, 0.2) is 11.6 Å². The van der Waals surface area contributed by atoms with Crippen molar-refractivity contribution < 1.29 is 22.6 Å². The van der Waals surface area contributed by atoms with Crippen molar-refractivity contribution in [3.8, 4) is 16.9 Å². The number of hydrogen-bond acceptors (Lipinski definition) is 2. The minimum absolute atomic E-state index is 0.429. The van der Waals surface area contributed by atoms with E-state index in [9.17, 15) is 13.2 Å². The van der Waals surface area contributed by atoms with E-state index in [-0.39, 0.29) is 0 Å². The van der Waals surface area contributed by atoms with Crippen LogP contribution < -0.4 is 4.74 Å². The van der Waals surface area contributed by atoms with Gasteiger partial charge in [-0.15, -0.1) is 0 Å².